The van der Waals surface area contributed by atoms with E-state index < -0.39 is 0 Å². The Hall–Kier alpha value is -9.33. The van der Waals surface area contributed by atoms with Gasteiger partial charge in [0.15, 0.2) is 0 Å². The van der Waals surface area contributed by atoms with Gasteiger partial charge >= 0.3 is 0 Å². The normalized spacial score (nSPS) is 11.0. The van der Waals surface area contributed by atoms with Crippen LogP contribution >= 0.6 is 0 Å². The topological polar surface area (TPSA) is 155 Å². The van der Waals surface area contributed by atoms with Gasteiger partial charge in [-0.2, -0.15) is 26.3 Å². The van der Waals surface area contributed by atoms with Gasteiger partial charge in [-0.3, -0.25) is 0 Å². The Morgan fingerprint density at radius 3 is 1.31 bits per heavy atom. The van der Waals surface area contributed by atoms with E-state index in [1.54, 1.807) is 36.4 Å². The van der Waals surface area contributed by atoms with Gasteiger partial charge in [-0.1, -0.05) is 60.7 Å². The lowest BCUT2D eigenvalue weighted by Crippen LogP contribution is -2.06. The van der Waals surface area contributed by atoms with E-state index in [4.69, 9.17) is 4.98 Å². The summed E-state index contributed by atoms with van der Waals surface area (Å²) in [7, 11) is 0. The lowest BCUT2D eigenvalue weighted by molar-refractivity contribution is 1.01. The number of fused-ring (bicyclic) bond motifs is 6. The first-order valence-corrected chi connectivity index (χ1v) is 19.7. The second kappa shape index (κ2) is 14.5. The van der Waals surface area contributed by atoms with Crippen molar-refractivity contribution < 1.29 is 0 Å². The number of para-hydroxylation sites is 2. The van der Waals surface area contributed by atoms with Gasteiger partial charge in [-0.15, -0.1) is 0 Å². The van der Waals surface area contributed by atoms with Crippen molar-refractivity contribution in [1.82, 2.24) is 19.1 Å². The summed E-state index contributed by atoms with van der Waals surface area (Å²) in [5, 5.41) is 54.4. The first kappa shape index (κ1) is 37.0. The Labute approximate surface area is 355 Å². The molecule has 0 saturated carbocycles. The molecule has 0 unspecified atom stereocenters. The van der Waals surface area contributed by atoms with Gasteiger partial charge in [-0.25, -0.2) is 9.97 Å². The van der Waals surface area contributed by atoms with Crippen LogP contribution in [0.25, 0.3) is 88.5 Å². The average molecular weight is 792 g/mol. The molecule has 0 saturated heterocycles. The van der Waals surface area contributed by atoms with Crippen molar-refractivity contribution in [3.05, 3.63) is 179 Å². The van der Waals surface area contributed by atoms with Crippen LogP contribution in [0.15, 0.2) is 140 Å². The van der Waals surface area contributed by atoms with E-state index in [1.807, 2.05) is 68.4 Å². The van der Waals surface area contributed by atoms with E-state index in [0.717, 1.165) is 82.9 Å². The minimum absolute atomic E-state index is 0.389. The molecule has 7 aromatic carbocycles. The second-order valence-corrected chi connectivity index (χ2v) is 15.2. The van der Waals surface area contributed by atoms with E-state index >= 15 is 0 Å². The molecule has 9 nitrogen and oxygen atoms in total. The second-order valence-electron chi connectivity index (χ2n) is 15.2. The highest BCUT2D eigenvalue weighted by Gasteiger charge is 2.24. The molecule has 10 aromatic rings. The van der Waals surface area contributed by atoms with Crippen LogP contribution in [0.1, 0.15) is 39.3 Å². The number of aryl methyl sites for hydroxylation is 2. The van der Waals surface area contributed by atoms with Crippen molar-refractivity contribution in [2.45, 2.75) is 13.8 Å². The summed E-state index contributed by atoms with van der Waals surface area (Å²) >= 11 is 0. The SMILES string of the molecule is Cc1cc(-c2cc(-n3c4ccccc4c4ccc(-c5cc(C#N)cc(C#N)c5)cc43)c(-n3c4ccccc4c4ccc(-c5cc(C#N)cc(C#N)c5)cc43)cc2C#N)nc(C)n1. The molecular formula is C53H29N9. The molecule has 10 rings (SSSR count). The molecule has 9 heteroatoms. The molecule has 62 heavy (non-hydrogen) atoms. The van der Waals surface area contributed by atoms with Crippen molar-refractivity contribution in [2.75, 3.05) is 0 Å². The predicted octanol–water partition coefficient (Wildman–Crippen LogP) is 11.6. The summed E-state index contributed by atoms with van der Waals surface area (Å²) in [4.78, 5) is 9.37. The van der Waals surface area contributed by atoms with Gasteiger partial charge in [0.1, 0.15) is 5.82 Å². The first-order valence-electron chi connectivity index (χ1n) is 19.7. The number of rotatable bonds is 5. The Balaban J connectivity index is 1.35. The third kappa shape index (κ3) is 5.97. The average Bonchev–Trinajstić information content (AvgIpc) is 3.82. The van der Waals surface area contributed by atoms with Crippen LogP contribution < -0.4 is 0 Å². The summed E-state index contributed by atoms with van der Waals surface area (Å²) in [6.07, 6.45) is 0. The number of hydrogen-bond donors (Lipinski definition) is 0. The Morgan fingerprint density at radius 1 is 0.403 bits per heavy atom. The quantitative estimate of drug-likeness (QED) is 0.168. The zero-order valence-electron chi connectivity index (χ0n) is 33.3. The molecule has 0 bridgehead atoms. The summed E-state index contributed by atoms with van der Waals surface area (Å²) < 4.78 is 4.40. The van der Waals surface area contributed by atoms with E-state index in [2.05, 4.69) is 93.0 Å². The van der Waals surface area contributed by atoms with Gasteiger partial charge in [-0.05, 0) is 115 Å². The molecule has 0 atom stereocenters. The van der Waals surface area contributed by atoms with Crippen LogP contribution in [-0.4, -0.2) is 19.1 Å². The monoisotopic (exact) mass is 791 g/mol. The van der Waals surface area contributed by atoms with Gasteiger partial charge in [0.25, 0.3) is 0 Å². The van der Waals surface area contributed by atoms with Crippen LogP contribution in [0.5, 0.6) is 0 Å². The van der Waals surface area contributed by atoms with E-state index in [0.29, 0.717) is 44.9 Å². The lowest BCUT2D eigenvalue weighted by Gasteiger charge is -2.20. The minimum Gasteiger partial charge on any atom is -0.307 e. The number of nitriles is 5. The molecule has 0 aliphatic carbocycles. The lowest BCUT2D eigenvalue weighted by atomic mass is 9.99. The molecule has 0 fully saturated rings. The number of nitrogens with zero attached hydrogens (tertiary/aromatic N) is 9. The van der Waals surface area contributed by atoms with Gasteiger partial charge in [0.05, 0.1) is 97.3 Å². The molecule has 0 spiro atoms. The van der Waals surface area contributed by atoms with Crippen molar-refractivity contribution in [3.8, 4) is 75.2 Å². The van der Waals surface area contributed by atoms with Crippen LogP contribution in [0.2, 0.25) is 0 Å². The fourth-order valence-electron chi connectivity index (χ4n) is 8.76. The van der Waals surface area contributed by atoms with E-state index in [-0.39, 0.29) is 0 Å². The Kier molecular flexibility index (Phi) is 8.64. The smallest absolute Gasteiger partial charge is 0.126 e. The van der Waals surface area contributed by atoms with Crippen LogP contribution in [-0.2, 0) is 0 Å². The predicted molar refractivity (Wildman–Crippen MR) is 240 cm³/mol. The van der Waals surface area contributed by atoms with Crippen molar-refractivity contribution in [1.29, 1.82) is 26.3 Å². The highest BCUT2D eigenvalue weighted by Crippen LogP contribution is 2.42. The third-order valence-corrected chi connectivity index (χ3v) is 11.4. The number of aromatic nitrogens is 4. The van der Waals surface area contributed by atoms with Crippen LogP contribution in [0, 0.1) is 70.5 Å². The largest absolute Gasteiger partial charge is 0.307 e. The zero-order chi connectivity index (χ0) is 42.6. The maximum absolute atomic E-state index is 11.0. The fraction of sp³-hybridized carbons (Fsp3) is 0.0377. The standard InChI is InChI=1S/C53H29N9/c1-31-15-47(60-32(2)59-31)46-25-53(62-49-10-6-4-8-43(49)45-14-12-38(23-51(45)62)40-20-35(28-56)17-36(21-40)29-57)52(24-41(46)30-58)61-48-9-5-3-7-42(48)44-13-11-37(22-50(44)61)39-18-33(26-54)16-34(19-39)27-55/h3-25H,1-2H3. The van der Waals surface area contributed by atoms with Gasteiger partial charge in [0, 0.05) is 32.8 Å². The van der Waals surface area contributed by atoms with Crippen molar-refractivity contribution in [2.24, 2.45) is 0 Å². The molecule has 286 valence electrons. The highest BCUT2D eigenvalue weighted by molar-refractivity contribution is 6.13. The third-order valence-electron chi connectivity index (χ3n) is 11.4. The molecule has 3 heterocycles. The summed E-state index contributed by atoms with van der Waals surface area (Å²) in [5.41, 5.74) is 12.2. The van der Waals surface area contributed by atoms with E-state index in [1.165, 1.54) is 0 Å². The number of benzene rings is 7. The van der Waals surface area contributed by atoms with Crippen molar-refractivity contribution in [3.63, 3.8) is 0 Å². The Bertz CT molecular complexity index is 3710. The van der Waals surface area contributed by atoms with Gasteiger partial charge < -0.3 is 9.13 Å². The summed E-state index contributed by atoms with van der Waals surface area (Å²) in [6, 6.07) is 56.2. The summed E-state index contributed by atoms with van der Waals surface area (Å²) in [6.45, 7) is 3.75. The number of hydrogen-bond acceptors (Lipinski definition) is 7. The molecule has 0 N–H and O–H groups in total. The molecular weight excluding hydrogens is 763 g/mol. The van der Waals surface area contributed by atoms with Crippen molar-refractivity contribution >= 4 is 43.6 Å². The molecule has 3 aromatic heterocycles. The van der Waals surface area contributed by atoms with Crippen LogP contribution in [0.3, 0.4) is 0 Å². The molecule has 0 aliphatic rings. The zero-order valence-corrected chi connectivity index (χ0v) is 33.3. The highest BCUT2D eigenvalue weighted by atomic mass is 15.1. The van der Waals surface area contributed by atoms with Crippen LogP contribution in [0.4, 0.5) is 0 Å². The van der Waals surface area contributed by atoms with E-state index in [9.17, 15) is 26.3 Å². The molecule has 0 aliphatic heterocycles. The maximum atomic E-state index is 11.0. The van der Waals surface area contributed by atoms with Gasteiger partial charge in [0.2, 0.25) is 0 Å². The first-order chi connectivity index (χ1) is 30.3. The minimum atomic E-state index is 0.389. The maximum Gasteiger partial charge on any atom is 0.126 e. The molecule has 0 amide bonds. The fourth-order valence-corrected chi connectivity index (χ4v) is 8.76. The Morgan fingerprint density at radius 2 is 0.855 bits per heavy atom. The molecule has 0 radical (unpaired) electrons. The summed E-state index contributed by atoms with van der Waals surface area (Å²) in [5.74, 6) is 0.585.